The van der Waals surface area contributed by atoms with Gasteiger partial charge in [0.15, 0.2) is 0 Å². The number of nitrogens with one attached hydrogen (secondary N) is 1. The molecule has 1 fully saturated rings. The van der Waals surface area contributed by atoms with Crippen molar-refractivity contribution in [2.24, 2.45) is 0 Å². The number of likely N-dealkylation sites (tertiary alicyclic amines) is 1. The summed E-state index contributed by atoms with van der Waals surface area (Å²) in [6.45, 7) is 3.78. The zero-order chi connectivity index (χ0) is 20.7. The lowest BCUT2D eigenvalue weighted by molar-refractivity contribution is -0.115. The van der Waals surface area contributed by atoms with Crippen LogP contribution in [0.25, 0.3) is 0 Å². The molecule has 2 aromatic carbocycles. The molecule has 2 atom stereocenters. The number of ether oxygens (including phenoxy) is 1. The van der Waals surface area contributed by atoms with Gasteiger partial charge in [0.25, 0.3) is 0 Å². The predicted octanol–water partition coefficient (Wildman–Crippen LogP) is 3.10. The van der Waals surface area contributed by atoms with Gasteiger partial charge in [0, 0.05) is 31.6 Å². The summed E-state index contributed by atoms with van der Waals surface area (Å²) < 4.78 is 19.0. The van der Waals surface area contributed by atoms with Crippen molar-refractivity contribution in [2.45, 2.75) is 24.8 Å². The van der Waals surface area contributed by atoms with Crippen LogP contribution in [0.15, 0.2) is 36.4 Å². The third-order valence-electron chi connectivity index (χ3n) is 6.34. The molecule has 7 heteroatoms. The van der Waals surface area contributed by atoms with Gasteiger partial charge in [-0.1, -0.05) is 12.1 Å². The fourth-order valence-corrected chi connectivity index (χ4v) is 5.06. The van der Waals surface area contributed by atoms with Crippen LogP contribution in [0.5, 0.6) is 5.75 Å². The van der Waals surface area contributed by atoms with E-state index < -0.39 is 5.82 Å². The van der Waals surface area contributed by atoms with Crippen molar-refractivity contribution < 1.29 is 13.9 Å². The van der Waals surface area contributed by atoms with E-state index in [4.69, 9.17) is 10.00 Å². The summed E-state index contributed by atoms with van der Waals surface area (Å²) in [7, 11) is 0. The SMILES string of the molecule is N#Cc1cc(F)ccc1OCCCN1CC[C@H]2[C@@H](C1)c1cccc3c1N2CC(=O)N3. The molecule has 0 saturated carbocycles. The number of carbonyl (C=O) groups is 1. The van der Waals surface area contributed by atoms with Gasteiger partial charge in [0.05, 0.1) is 30.1 Å². The van der Waals surface area contributed by atoms with Gasteiger partial charge in [-0.3, -0.25) is 4.79 Å². The average Bonchev–Trinajstić information content (AvgIpc) is 3.06. The minimum absolute atomic E-state index is 0.0670. The standard InChI is InChI=1S/C23H23FN4O2/c24-16-5-6-21(15(11-16)12-25)30-10-2-8-27-9-7-20-18(13-27)17-3-1-4-19-23(17)28(20)14-22(29)26-19/h1,3-6,11,18,20H,2,7-10,13-14H2,(H,26,29)/t18-,20-/m0/s1. The Bertz CT molecular complexity index is 1030. The van der Waals surface area contributed by atoms with Crippen LogP contribution < -0.4 is 15.0 Å². The molecule has 30 heavy (non-hydrogen) atoms. The maximum Gasteiger partial charge on any atom is 0.243 e. The first-order valence-corrected chi connectivity index (χ1v) is 10.4. The number of hydrogen-bond donors (Lipinski definition) is 1. The largest absolute Gasteiger partial charge is 0.492 e. The first-order valence-electron chi connectivity index (χ1n) is 10.4. The Morgan fingerprint density at radius 3 is 3.07 bits per heavy atom. The topological polar surface area (TPSA) is 68.6 Å². The minimum Gasteiger partial charge on any atom is -0.492 e. The fourth-order valence-electron chi connectivity index (χ4n) is 5.06. The molecule has 1 amide bonds. The van der Waals surface area contributed by atoms with E-state index in [1.54, 1.807) is 0 Å². The number of benzene rings is 2. The molecular formula is C23H23FN4O2. The molecule has 3 aliphatic heterocycles. The number of carbonyl (C=O) groups excluding carboxylic acids is 1. The number of anilines is 2. The molecule has 1 saturated heterocycles. The van der Waals surface area contributed by atoms with Crippen LogP contribution in [0, 0.1) is 17.1 Å². The monoisotopic (exact) mass is 406 g/mol. The number of piperidine rings is 1. The van der Waals surface area contributed by atoms with Gasteiger partial charge in [0.2, 0.25) is 5.91 Å². The van der Waals surface area contributed by atoms with Crippen molar-refractivity contribution in [1.29, 1.82) is 5.26 Å². The molecule has 3 heterocycles. The number of rotatable bonds is 5. The van der Waals surface area contributed by atoms with Crippen LogP contribution in [-0.2, 0) is 4.79 Å². The molecule has 3 aliphatic rings. The quantitative estimate of drug-likeness (QED) is 0.773. The van der Waals surface area contributed by atoms with Crippen molar-refractivity contribution in [3.63, 3.8) is 0 Å². The van der Waals surface area contributed by atoms with Gasteiger partial charge in [-0.25, -0.2) is 4.39 Å². The number of hydrogen-bond acceptors (Lipinski definition) is 5. The molecule has 0 bridgehead atoms. The summed E-state index contributed by atoms with van der Waals surface area (Å²) in [6, 6.07) is 12.6. The Kier molecular flexibility index (Phi) is 4.80. The molecule has 0 spiro atoms. The van der Waals surface area contributed by atoms with Gasteiger partial charge in [0.1, 0.15) is 17.6 Å². The van der Waals surface area contributed by atoms with E-state index in [1.165, 1.54) is 29.4 Å². The summed E-state index contributed by atoms with van der Waals surface area (Å²) in [6.07, 6.45) is 1.86. The van der Waals surface area contributed by atoms with E-state index in [1.807, 2.05) is 18.2 Å². The van der Waals surface area contributed by atoms with Crippen LogP contribution in [0.3, 0.4) is 0 Å². The second-order valence-electron chi connectivity index (χ2n) is 8.14. The van der Waals surface area contributed by atoms with E-state index in [0.29, 0.717) is 30.9 Å². The number of amides is 1. The van der Waals surface area contributed by atoms with Crippen LogP contribution in [0.2, 0.25) is 0 Å². The Labute approximate surface area is 174 Å². The summed E-state index contributed by atoms with van der Waals surface area (Å²) >= 11 is 0. The van der Waals surface area contributed by atoms with Crippen molar-refractivity contribution in [3.8, 4) is 11.8 Å². The van der Waals surface area contributed by atoms with Gasteiger partial charge >= 0.3 is 0 Å². The highest BCUT2D eigenvalue weighted by molar-refractivity contribution is 6.03. The van der Waals surface area contributed by atoms with E-state index >= 15 is 0 Å². The molecule has 2 aromatic rings. The highest BCUT2D eigenvalue weighted by Crippen LogP contribution is 2.49. The molecule has 154 valence electrons. The average molecular weight is 406 g/mol. The summed E-state index contributed by atoms with van der Waals surface area (Å²) in [5.74, 6) is 0.472. The first-order chi connectivity index (χ1) is 14.6. The first kappa shape index (κ1) is 18.9. The smallest absolute Gasteiger partial charge is 0.243 e. The zero-order valence-electron chi connectivity index (χ0n) is 16.6. The Hall–Kier alpha value is -3.11. The lowest BCUT2D eigenvalue weighted by atomic mass is 9.89. The van der Waals surface area contributed by atoms with Gasteiger partial charge in [-0.05, 0) is 42.7 Å². The lowest BCUT2D eigenvalue weighted by Gasteiger charge is -2.39. The molecule has 0 radical (unpaired) electrons. The fraction of sp³-hybridized carbons (Fsp3) is 0.391. The molecular weight excluding hydrogens is 383 g/mol. The molecule has 0 aromatic heterocycles. The van der Waals surface area contributed by atoms with Crippen molar-refractivity contribution in [3.05, 3.63) is 53.3 Å². The normalized spacial score (nSPS) is 22.1. The minimum atomic E-state index is -0.434. The van der Waals surface area contributed by atoms with Crippen LogP contribution in [0.1, 0.15) is 29.9 Å². The maximum atomic E-state index is 13.2. The van der Waals surface area contributed by atoms with Gasteiger partial charge < -0.3 is 19.9 Å². The third-order valence-corrected chi connectivity index (χ3v) is 6.34. The van der Waals surface area contributed by atoms with E-state index in [9.17, 15) is 9.18 Å². The number of nitriles is 1. The van der Waals surface area contributed by atoms with Gasteiger partial charge in [-0.15, -0.1) is 0 Å². The van der Waals surface area contributed by atoms with Crippen LogP contribution in [-0.4, -0.2) is 49.6 Å². The van der Waals surface area contributed by atoms with E-state index in [-0.39, 0.29) is 11.5 Å². The lowest BCUT2D eigenvalue weighted by Crippen LogP contribution is -2.49. The summed E-state index contributed by atoms with van der Waals surface area (Å²) in [4.78, 5) is 16.8. The Morgan fingerprint density at radius 2 is 2.20 bits per heavy atom. The van der Waals surface area contributed by atoms with Crippen molar-refractivity contribution >= 4 is 17.3 Å². The Balaban J connectivity index is 1.20. The summed E-state index contributed by atoms with van der Waals surface area (Å²) in [5, 5.41) is 12.1. The molecule has 0 aliphatic carbocycles. The van der Waals surface area contributed by atoms with Crippen LogP contribution >= 0.6 is 0 Å². The van der Waals surface area contributed by atoms with E-state index in [0.717, 1.165) is 38.2 Å². The van der Waals surface area contributed by atoms with Gasteiger partial charge in [-0.2, -0.15) is 5.26 Å². The predicted molar refractivity (Wildman–Crippen MR) is 111 cm³/mol. The number of nitrogens with zero attached hydrogens (tertiary/aromatic N) is 3. The number of fused-ring (bicyclic) bond motifs is 3. The van der Waals surface area contributed by atoms with Crippen LogP contribution in [0.4, 0.5) is 15.8 Å². The molecule has 5 rings (SSSR count). The third kappa shape index (κ3) is 3.27. The molecule has 0 unspecified atom stereocenters. The number of para-hydroxylation sites is 1. The molecule has 1 N–H and O–H groups in total. The van der Waals surface area contributed by atoms with E-state index in [2.05, 4.69) is 21.2 Å². The van der Waals surface area contributed by atoms with Crippen molar-refractivity contribution in [1.82, 2.24) is 4.90 Å². The molecule has 6 nitrogen and oxygen atoms in total. The zero-order valence-corrected chi connectivity index (χ0v) is 16.6. The Morgan fingerprint density at radius 1 is 1.30 bits per heavy atom. The second kappa shape index (κ2) is 7.62. The highest BCUT2D eigenvalue weighted by atomic mass is 19.1. The summed E-state index contributed by atoms with van der Waals surface area (Å²) in [5.41, 5.74) is 3.70. The maximum absolute atomic E-state index is 13.2. The highest BCUT2D eigenvalue weighted by Gasteiger charge is 2.44. The number of halogens is 1. The van der Waals surface area contributed by atoms with Crippen molar-refractivity contribution in [2.75, 3.05) is 43.0 Å². The second-order valence-corrected chi connectivity index (χ2v) is 8.14.